The number of carbonyl (C=O) groups is 1. The molecule has 0 N–H and O–H groups in total. The second-order valence-corrected chi connectivity index (χ2v) is 4.65. The van der Waals surface area contributed by atoms with Gasteiger partial charge in [-0.1, -0.05) is 30.3 Å². The summed E-state index contributed by atoms with van der Waals surface area (Å²) in [5, 5.41) is 4.33. The van der Waals surface area contributed by atoms with Crippen molar-refractivity contribution in [2.75, 3.05) is 25.6 Å². The van der Waals surface area contributed by atoms with Crippen LogP contribution in [0.25, 0.3) is 11.3 Å². The standard InChI is InChI=1S/C15H19N3O2/c1-5-20-15(19)12-14(17(2)3)13(18(4)16-12)11-9-7-6-8-10-11/h6-10H,5H2,1-4H3. The third-order valence-corrected chi connectivity index (χ3v) is 2.99. The van der Waals surface area contributed by atoms with Gasteiger partial charge in [0, 0.05) is 26.7 Å². The smallest absolute Gasteiger partial charge is 0.361 e. The summed E-state index contributed by atoms with van der Waals surface area (Å²) < 4.78 is 6.80. The molecule has 0 aliphatic rings. The molecule has 5 heteroatoms. The number of ether oxygens (including phenoxy) is 1. The summed E-state index contributed by atoms with van der Waals surface area (Å²) in [5.41, 5.74) is 3.04. The topological polar surface area (TPSA) is 47.4 Å². The van der Waals surface area contributed by atoms with E-state index in [-0.39, 0.29) is 0 Å². The molecule has 1 aromatic carbocycles. The van der Waals surface area contributed by atoms with Gasteiger partial charge in [0.25, 0.3) is 0 Å². The highest BCUT2D eigenvalue weighted by molar-refractivity contribution is 5.98. The highest BCUT2D eigenvalue weighted by Gasteiger charge is 2.24. The minimum absolute atomic E-state index is 0.336. The van der Waals surface area contributed by atoms with Crippen LogP contribution in [0.4, 0.5) is 5.69 Å². The summed E-state index contributed by atoms with van der Waals surface area (Å²) in [6, 6.07) is 9.89. The zero-order valence-corrected chi connectivity index (χ0v) is 12.3. The van der Waals surface area contributed by atoms with Crippen molar-refractivity contribution in [3.8, 4) is 11.3 Å². The van der Waals surface area contributed by atoms with Crippen molar-refractivity contribution in [2.45, 2.75) is 6.92 Å². The fourth-order valence-corrected chi connectivity index (χ4v) is 2.19. The number of aryl methyl sites for hydroxylation is 1. The fraction of sp³-hybridized carbons (Fsp3) is 0.333. The summed E-state index contributed by atoms with van der Waals surface area (Å²) in [4.78, 5) is 13.9. The summed E-state index contributed by atoms with van der Waals surface area (Å²) in [5.74, 6) is -0.394. The summed E-state index contributed by atoms with van der Waals surface area (Å²) in [6.45, 7) is 2.12. The SMILES string of the molecule is CCOC(=O)c1nn(C)c(-c2ccccc2)c1N(C)C. The molecule has 0 fully saturated rings. The number of nitrogens with zero attached hydrogens (tertiary/aromatic N) is 3. The lowest BCUT2D eigenvalue weighted by atomic mass is 10.1. The minimum atomic E-state index is -0.394. The van der Waals surface area contributed by atoms with E-state index in [9.17, 15) is 4.79 Å². The number of aromatic nitrogens is 2. The molecule has 0 aliphatic heterocycles. The monoisotopic (exact) mass is 273 g/mol. The van der Waals surface area contributed by atoms with E-state index >= 15 is 0 Å². The molecule has 0 aliphatic carbocycles. The van der Waals surface area contributed by atoms with Crippen molar-refractivity contribution in [2.24, 2.45) is 7.05 Å². The van der Waals surface area contributed by atoms with Gasteiger partial charge in [-0.05, 0) is 6.92 Å². The highest BCUT2D eigenvalue weighted by atomic mass is 16.5. The lowest BCUT2D eigenvalue weighted by Crippen LogP contribution is -2.15. The average molecular weight is 273 g/mol. The van der Waals surface area contributed by atoms with Crippen LogP contribution in [0, 0.1) is 0 Å². The lowest BCUT2D eigenvalue weighted by Gasteiger charge is -2.15. The van der Waals surface area contributed by atoms with Crippen LogP contribution in [0.2, 0.25) is 0 Å². The van der Waals surface area contributed by atoms with E-state index < -0.39 is 5.97 Å². The third kappa shape index (κ3) is 2.52. The Morgan fingerprint density at radius 1 is 1.30 bits per heavy atom. The summed E-state index contributed by atoms with van der Waals surface area (Å²) in [6.07, 6.45) is 0. The number of rotatable bonds is 4. The lowest BCUT2D eigenvalue weighted by molar-refractivity contribution is 0.0519. The first-order chi connectivity index (χ1) is 9.56. The minimum Gasteiger partial charge on any atom is -0.461 e. The van der Waals surface area contributed by atoms with E-state index in [0.717, 1.165) is 16.9 Å². The quantitative estimate of drug-likeness (QED) is 0.802. The Morgan fingerprint density at radius 3 is 2.50 bits per heavy atom. The van der Waals surface area contributed by atoms with Gasteiger partial charge in [0.1, 0.15) is 0 Å². The molecule has 2 aromatic rings. The van der Waals surface area contributed by atoms with Crippen molar-refractivity contribution in [1.82, 2.24) is 9.78 Å². The van der Waals surface area contributed by atoms with Crippen LogP contribution in [0.15, 0.2) is 30.3 Å². The van der Waals surface area contributed by atoms with Gasteiger partial charge in [0.15, 0.2) is 5.69 Å². The number of benzene rings is 1. The maximum atomic E-state index is 12.0. The van der Waals surface area contributed by atoms with Crippen LogP contribution in [0.1, 0.15) is 17.4 Å². The normalized spacial score (nSPS) is 10.4. The van der Waals surface area contributed by atoms with Crippen LogP contribution in [-0.2, 0) is 11.8 Å². The molecule has 1 heterocycles. The first-order valence-corrected chi connectivity index (χ1v) is 6.53. The van der Waals surface area contributed by atoms with Crippen molar-refractivity contribution in [3.63, 3.8) is 0 Å². The van der Waals surface area contributed by atoms with E-state index in [1.807, 2.05) is 56.4 Å². The molecule has 0 unspecified atom stereocenters. The van der Waals surface area contributed by atoms with Crippen LogP contribution in [0.3, 0.4) is 0 Å². The maximum absolute atomic E-state index is 12.0. The molecule has 0 saturated carbocycles. The fourth-order valence-electron chi connectivity index (χ4n) is 2.19. The Kier molecular flexibility index (Phi) is 4.08. The molecule has 2 rings (SSSR count). The van der Waals surface area contributed by atoms with Gasteiger partial charge in [-0.2, -0.15) is 5.10 Å². The van der Waals surface area contributed by atoms with Gasteiger partial charge in [0.2, 0.25) is 0 Å². The van der Waals surface area contributed by atoms with Crippen molar-refractivity contribution < 1.29 is 9.53 Å². The second-order valence-electron chi connectivity index (χ2n) is 4.65. The zero-order chi connectivity index (χ0) is 14.7. The number of carbonyl (C=O) groups excluding carboxylic acids is 1. The summed E-state index contributed by atoms with van der Waals surface area (Å²) in [7, 11) is 5.62. The van der Waals surface area contributed by atoms with Crippen molar-refractivity contribution in [1.29, 1.82) is 0 Å². The van der Waals surface area contributed by atoms with Crippen molar-refractivity contribution >= 4 is 11.7 Å². The van der Waals surface area contributed by atoms with Crippen molar-refractivity contribution in [3.05, 3.63) is 36.0 Å². The molecule has 0 atom stereocenters. The maximum Gasteiger partial charge on any atom is 0.361 e. The molecule has 0 amide bonds. The molecular weight excluding hydrogens is 254 g/mol. The van der Waals surface area contributed by atoms with Gasteiger partial charge >= 0.3 is 5.97 Å². The number of esters is 1. The molecule has 5 nitrogen and oxygen atoms in total. The van der Waals surface area contributed by atoms with E-state index in [1.54, 1.807) is 11.6 Å². The Morgan fingerprint density at radius 2 is 1.95 bits per heavy atom. The van der Waals surface area contributed by atoms with Gasteiger partial charge in [0.05, 0.1) is 18.0 Å². The molecule has 0 radical (unpaired) electrons. The Hall–Kier alpha value is -2.30. The molecular formula is C15H19N3O2. The van der Waals surface area contributed by atoms with E-state index in [0.29, 0.717) is 12.3 Å². The number of anilines is 1. The number of hydrogen-bond donors (Lipinski definition) is 0. The van der Waals surface area contributed by atoms with Gasteiger partial charge < -0.3 is 9.64 Å². The molecule has 0 saturated heterocycles. The predicted molar refractivity (Wildman–Crippen MR) is 78.9 cm³/mol. The molecule has 106 valence electrons. The molecule has 0 spiro atoms. The zero-order valence-electron chi connectivity index (χ0n) is 12.3. The van der Waals surface area contributed by atoms with Crippen LogP contribution >= 0.6 is 0 Å². The van der Waals surface area contributed by atoms with Gasteiger partial charge in [-0.15, -0.1) is 0 Å². The molecule has 20 heavy (non-hydrogen) atoms. The van der Waals surface area contributed by atoms with E-state index in [2.05, 4.69) is 5.10 Å². The highest BCUT2D eigenvalue weighted by Crippen LogP contribution is 2.32. The Balaban J connectivity index is 2.61. The average Bonchev–Trinajstić information content (AvgIpc) is 2.78. The molecule has 0 bridgehead atoms. The van der Waals surface area contributed by atoms with Crippen LogP contribution in [0.5, 0.6) is 0 Å². The Bertz CT molecular complexity index is 603. The first-order valence-electron chi connectivity index (χ1n) is 6.53. The van der Waals surface area contributed by atoms with Crippen LogP contribution < -0.4 is 4.90 Å². The first kappa shape index (κ1) is 14.1. The van der Waals surface area contributed by atoms with E-state index in [1.165, 1.54) is 0 Å². The predicted octanol–water partition coefficient (Wildman–Crippen LogP) is 2.33. The van der Waals surface area contributed by atoms with Gasteiger partial charge in [-0.3, -0.25) is 4.68 Å². The number of hydrogen-bond acceptors (Lipinski definition) is 4. The van der Waals surface area contributed by atoms with Gasteiger partial charge in [-0.25, -0.2) is 4.79 Å². The second kappa shape index (κ2) is 5.77. The van der Waals surface area contributed by atoms with Crippen LogP contribution in [-0.4, -0.2) is 36.5 Å². The summed E-state index contributed by atoms with van der Waals surface area (Å²) >= 11 is 0. The van der Waals surface area contributed by atoms with E-state index in [4.69, 9.17) is 4.74 Å². The molecule has 1 aromatic heterocycles. The third-order valence-electron chi connectivity index (χ3n) is 2.99. The largest absolute Gasteiger partial charge is 0.461 e. The Labute approximate surface area is 118 Å².